The highest BCUT2D eigenvalue weighted by molar-refractivity contribution is 7.87. The number of hydrogen-bond donors (Lipinski definition) is 2. The van der Waals surface area contributed by atoms with Gasteiger partial charge in [-0.2, -0.15) is 12.7 Å². The van der Waals surface area contributed by atoms with E-state index in [1.54, 1.807) is 7.05 Å². The van der Waals surface area contributed by atoms with Crippen molar-refractivity contribution >= 4 is 10.2 Å². The second-order valence-corrected chi connectivity index (χ2v) is 9.62. The van der Waals surface area contributed by atoms with Gasteiger partial charge in [0, 0.05) is 26.2 Å². The lowest BCUT2D eigenvalue weighted by Crippen LogP contribution is -2.40. The number of rotatable bonds is 9. The minimum atomic E-state index is -3.35. The van der Waals surface area contributed by atoms with Crippen LogP contribution < -0.4 is 10.0 Å². The van der Waals surface area contributed by atoms with E-state index in [0.717, 1.165) is 13.0 Å². The van der Waals surface area contributed by atoms with Crippen LogP contribution in [-0.4, -0.2) is 45.4 Å². The SMILES string of the molecule is CN(CCCNC1CC1)S(=O)(=O)NCC1C(C)(C)C1(C)C. The third kappa shape index (κ3) is 3.78. The van der Waals surface area contributed by atoms with Crippen LogP contribution in [0.1, 0.15) is 47.0 Å². The van der Waals surface area contributed by atoms with E-state index >= 15 is 0 Å². The molecule has 124 valence electrons. The van der Waals surface area contributed by atoms with Crippen LogP contribution in [0.2, 0.25) is 0 Å². The van der Waals surface area contributed by atoms with Gasteiger partial charge in [0.05, 0.1) is 0 Å². The molecule has 0 aromatic carbocycles. The van der Waals surface area contributed by atoms with Gasteiger partial charge in [-0.1, -0.05) is 27.7 Å². The third-order valence-electron chi connectivity index (χ3n) is 5.86. The van der Waals surface area contributed by atoms with Crippen LogP contribution in [0.3, 0.4) is 0 Å². The van der Waals surface area contributed by atoms with E-state index in [-0.39, 0.29) is 10.8 Å². The molecular formula is C15H31N3O2S. The molecule has 0 unspecified atom stereocenters. The molecule has 2 fully saturated rings. The lowest BCUT2D eigenvalue weighted by atomic mass is 10.0. The Morgan fingerprint density at radius 3 is 2.19 bits per heavy atom. The highest BCUT2D eigenvalue weighted by Gasteiger charge is 2.64. The smallest absolute Gasteiger partial charge is 0.279 e. The summed E-state index contributed by atoms with van der Waals surface area (Å²) in [5.41, 5.74) is 0.421. The van der Waals surface area contributed by atoms with Crippen LogP contribution in [0.15, 0.2) is 0 Å². The summed E-state index contributed by atoms with van der Waals surface area (Å²) in [7, 11) is -1.69. The van der Waals surface area contributed by atoms with Crippen molar-refractivity contribution in [2.24, 2.45) is 16.7 Å². The second kappa shape index (κ2) is 5.80. The van der Waals surface area contributed by atoms with Crippen molar-refractivity contribution in [2.75, 3.05) is 26.7 Å². The van der Waals surface area contributed by atoms with Crippen molar-refractivity contribution in [2.45, 2.75) is 53.0 Å². The van der Waals surface area contributed by atoms with E-state index in [1.165, 1.54) is 17.1 Å². The first-order valence-electron chi connectivity index (χ1n) is 8.03. The van der Waals surface area contributed by atoms with Gasteiger partial charge in [0.1, 0.15) is 0 Å². The Kier molecular flexibility index (Phi) is 4.74. The summed E-state index contributed by atoms with van der Waals surface area (Å²) in [6.45, 7) is 10.8. The molecule has 0 saturated heterocycles. The zero-order valence-corrected chi connectivity index (χ0v) is 14.9. The van der Waals surface area contributed by atoms with E-state index < -0.39 is 10.2 Å². The maximum atomic E-state index is 12.2. The summed E-state index contributed by atoms with van der Waals surface area (Å²) in [5, 5.41) is 3.40. The highest BCUT2D eigenvalue weighted by atomic mass is 32.2. The molecular weight excluding hydrogens is 286 g/mol. The molecule has 2 aliphatic carbocycles. The van der Waals surface area contributed by atoms with Gasteiger partial charge in [-0.15, -0.1) is 0 Å². The van der Waals surface area contributed by atoms with Gasteiger partial charge < -0.3 is 5.32 Å². The summed E-state index contributed by atoms with van der Waals surface area (Å²) in [6.07, 6.45) is 3.39. The van der Waals surface area contributed by atoms with Crippen molar-refractivity contribution in [3.05, 3.63) is 0 Å². The van der Waals surface area contributed by atoms with Crippen LogP contribution in [0.4, 0.5) is 0 Å². The zero-order valence-electron chi connectivity index (χ0n) is 14.1. The maximum Gasteiger partial charge on any atom is 0.279 e. The number of nitrogens with zero attached hydrogens (tertiary/aromatic N) is 1. The summed E-state index contributed by atoms with van der Waals surface area (Å²) in [4.78, 5) is 0. The minimum absolute atomic E-state index is 0.211. The van der Waals surface area contributed by atoms with Gasteiger partial charge in [-0.05, 0) is 42.6 Å². The predicted molar refractivity (Wildman–Crippen MR) is 86.2 cm³/mol. The third-order valence-corrected chi connectivity index (χ3v) is 7.39. The van der Waals surface area contributed by atoms with Gasteiger partial charge in [0.2, 0.25) is 0 Å². The van der Waals surface area contributed by atoms with Crippen molar-refractivity contribution in [1.29, 1.82) is 0 Å². The first-order valence-corrected chi connectivity index (χ1v) is 9.47. The molecule has 2 aliphatic rings. The largest absolute Gasteiger partial charge is 0.314 e. The van der Waals surface area contributed by atoms with E-state index in [9.17, 15) is 8.42 Å². The molecule has 2 rings (SSSR count). The summed E-state index contributed by atoms with van der Waals surface area (Å²) >= 11 is 0. The van der Waals surface area contributed by atoms with Gasteiger partial charge in [-0.3, -0.25) is 0 Å². The Hall–Kier alpha value is -0.170. The lowest BCUT2D eigenvalue weighted by Gasteiger charge is -2.18. The minimum Gasteiger partial charge on any atom is -0.314 e. The average Bonchev–Trinajstić information content (AvgIpc) is 3.23. The molecule has 21 heavy (non-hydrogen) atoms. The molecule has 0 spiro atoms. The maximum absolute atomic E-state index is 12.2. The molecule has 0 atom stereocenters. The Morgan fingerprint density at radius 2 is 1.71 bits per heavy atom. The molecule has 2 saturated carbocycles. The van der Waals surface area contributed by atoms with Crippen LogP contribution >= 0.6 is 0 Å². The van der Waals surface area contributed by atoms with E-state index in [4.69, 9.17) is 0 Å². The van der Waals surface area contributed by atoms with Crippen LogP contribution in [0, 0.1) is 16.7 Å². The quantitative estimate of drug-likeness (QED) is 0.635. The number of hydrogen-bond acceptors (Lipinski definition) is 3. The Bertz CT molecular complexity index is 455. The molecule has 0 aliphatic heterocycles. The zero-order chi connectivity index (χ0) is 15.9. The van der Waals surface area contributed by atoms with Crippen molar-refractivity contribution in [1.82, 2.24) is 14.3 Å². The topological polar surface area (TPSA) is 61.4 Å². The molecule has 0 radical (unpaired) electrons. The van der Waals surface area contributed by atoms with Gasteiger partial charge in [-0.25, -0.2) is 4.72 Å². The normalized spacial score (nSPS) is 24.5. The Labute approximate surface area is 130 Å². The lowest BCUT2D eigenvalue weighted by molar-refractivity contribution is 0.439. The van der Waals surface area contributed by atoms with Crippen LogP contribution in [0.5, 0.6) is 0 Å². The summed E-state index contributed by atoms with van der Waals surface area (Å²) < 4.78 is 28.6. The molecule has 0 amide bonds. The molecule has 5 nitrogen and oxygen atoms in total. The van der Waals surface area contributed by atoms with Crippen molar-refractivity contribution in [3.8, 4) is 0 Å². The van der Waals surface area contributed by atoms with Crippen molar-refractivity contribution in [3.63, 3.8) is 0 Å². The number of nitrogens with one attached hydrogen (secondary N) is 2. The van der Waals surface area contributed by atoms with E-state index in [2.05, 4.69) is 37.7 Å². The van der Waals surface area contributed by atoms with Gasteiger partial charge in [0.25, 0.3) is 10.2 Å². The summed E-state index contributed by atoms with van der Waals surface area (Å²) in [5.74, 6) is 0.407. The van der Waals surface area contributed by atoms with E-state index in [1.807, 2.05) is 0 Å². The standard InChI is InChI=1S/C15H31N3O2S/c1-14(2)13(15(14,3)4)11-17-21(19,20)18(5)10-6-9-16-12-7-8-12/h12-13,16-17H,6-11H2,1-5H3. The Morgan fingerprint density at radius 1 is 1.14 bits per heavy atom. The molecule has 0 aromatic rings. The van der Waals surface area contributed by atoms with Crippen LogP contribution in [-0.2, 0) is 10.2 Å². The average molecular weight is 317 g/mol. The van der Waals surface area contributed by atoms with Crippen LogP contribution in [0.25, 0.3) is 0 Å². The molecule has 6 heteroatoms. The Balaban J connectivity index is 1.70. The first kappa shape index (κ1) is 17.2. The molecule has 0 heterocycles. The predicted octanol–water partition coefficient (Wildman–Crippen LogP) is 1.58. The van der Waals surface area contributed by atoms with E-state index in [0.29, 0.717) is 25.0 Å². The second-order valence-electron chi connectivity index (χ2n) is 7.75. The van der Waals surface area contributed by atoms with Crippen molar-refractivity contribution < 1.29 is 8.42 Å². The monoisotopic (exact) mass is 317 g/mol. The molecule has 2 N–H and O–H groups in total. The fourth-order valence-corrected chi connectivity index (χ4v) is 4.13. The molecule has 0 aromatic heterocycles. The summed E-state index contributed by atoms with van der Waals surface area (Å²) in [6, 6.07) is 0.685. The molecule has 0 bridgehead atoms. The highest BCUT2D eigenvalue weighted by Crippen LogP contribution is 2.67. The van der Waals surface area contributed by atoms with Gasteiger partial charge in [0.15, 0.2) is 0 Å². The van der Waals surface area contributed by atoms with Gasteiger partial charge >= 0.3 is 0 Å². The fraction of sp³-hybridized carbons (Fsp3) is 1.00. The first-order chi connectivity index (χ1) is 9.59. The fourth-order valence-electron chi connectivity index (χ4n) is 3.16.